The minimum atomic E-state index is 0.198. The van der Waals surface area contributed by atoms with Gasteiger partial charge in [0.1, 0.15) is 5.00 Å². The zero-order valence-corrected chi connectivity index (χ0v) is 13.7. The average Bonchev–Trinajstić information content (AvgIpc) is 3.10. The number of carbonyl (C=O) groups excluding carboxylic acids is 1. The molecule has 3 rings (SSSR count). The molecule has 5 heteroatoms. The Bertz CT molecular complexity index is 531. The van der Waals surface area contributed by atoms with Crippen LogP contribution in [0.1, 0.15) is 48.2 Å². The standard InChI is InChI=1S/C16H24N2O2S/c1-18(9-10-5-3-4-6-10)16-14(20-2)12(17)15(21-16)13(19)11-7-8-11/h10-11H,3-9,17H2,1-2H3. The van der Waals surface area contributed by atoms with Crippen LogP contribution >= 0.6 is 11.3 Å². The lowest BCUT2D eigenvalue weighted by Crippen LogP contribution is -2.23. The maximum absolute atomic E-state index is 12.3. The van der Waals surface area contributed by atoms with Gasteiger partial charge in [-0.2, -0.15) is 0 Å². The first-order valence-corrected chi connectivity index (χ1v) is 8.65. The van der Waals surface area contributed by atoms with Crippen LogP contribution in [0.15, 0.2) is 0 Å². The number of anilines is 2. The van der Waals surface area contributed by atoms with Crippen LogP contribution in [0, 0.1) is 11.8 Å². The van der Waals surface area contributed by atoms with Crippen molar-refractivity contribution in [3.05, 3.63) is 4.88 Å². The maximum Gasteiger partial charge on any atom is 0.178 e. The average molecular weight is 308 g/mol. The second kappa shape index (κ2) is 5.87. The van der Waals surface area contributed by atoms with E-state index >= 15 is 0 Å². The van der Waals surface area contributed by atoms with Gasteiger partial charge in [-0.25, -0.2) is 0 Å². The van der Waals surface area contributed by atoms with Gasteiger partial charge in [-0.1, -0.05) is 12.8 Å². The number of nitrogen functional groups attached to an aromatic ring is 1. The van der Waals surface area contributed by atoms with E-state index in [1.165, 1.54) is 37.0 Å². The first kappa shape index (κ1) is 14.7. The van der Waals surface area contributed by atoms with Gasteiger partial charge in [0.15, 0.2) is 11.5 Å². The highest BCUT2D eigenvalue weighted by molar-refractivity contribution is 7.19. The minimum absolute atomic E-state index is 0.198. The second-order valence-electron chi connectivity index (χ2n) is 6.35. The quantitative estimate of drug-likeness (QED) is 0.816. The SMILES string of the molecule is COc1c(N(C)CC2CCCC2)sc(C(=O)C2CC2)c1N. The van der Waals surface area contributed by atoms with Gasteiger partial charge >= 0.3 is 0 Å². The highest BCUT2D eigenvalue weighted by Crippen LogP contribution is 2.47. The van der Waals surface area contributed by atoms with E-state index in [4.69, 9.17) is 10.5 Å². The summed E-state index contributed by atoms with van der Waals surface area (Å²) in [4.78, 5) is 15.3. The summed E-state index contributed by atoms with van der Waals surface area (Å²) in [6, 6.07) is 0. The summed E-state index contributed by atoms with van der Waals surface area (Å²) in [5, 5.41) is 1.01. The molecule has 2 fully saturated rings. The molecule has 0 atom stereocenters. The number of nitrogens with zero attached hydrogens (tertiary/aromatic N) is 1. The predicted octanol–water partition coefficient (Wildman–Crippen LogP) is 3.56. The summed E-state index contributed by atoms with van der Waals surface area (Å²) >= 11 is 1.50. The van der Waals surface area contributed by atoms with Crippen molar-refractivity contribution in [2.45, 2.75) is 38.5 Å². The molecule has 0 unspecified atom stereocenters. The third kappa shape index (κ3) is 2.89. The largest absolute Gasteiger partial charge is 0.492 e. The van der Waals surface area contributed by atoms with Gasteiger partial charge in [-0.05, 0) is 31.6 Å². The minimum Gasteiger partial charge on any atom is -0.492 e. The number of ether oxygens (including phenoxy) is 1. The number of Topliss-reactive ketones (excluding diaryl/α,β-unsaturated/α-hetero) is 1. The lowest BCUT2D eigenvalue weighted by Gasteiger charge is -2.22. The van der Waals surface area contributed by atoms with Crippen LogP contribution in [0.2, 0.25) is 0 Å². The van der Waals surface area contributed by atoms with Crippen molar-refractivity contribution in [3.8, 4) is 5.75 Å². The van der Waals surface area contributed by atoms with E-state index in [0.29, 0.717) is 16.3 Å². The van der Waals surface area contributed by atoms with E-state index in [1.807, 2.05) is 0 Å². The molecule has 0 amide bonds. The smallest absolute Gasteiger partial charge is 0.178 e. The number of nitrogens with two attached hydrogens (primary N) is 1. The van der Waals surface area contributed by atoms with Crippen molar-refractivity contribution >= 4 is 27.8 Å². The third-order valence-electron chi connectivity index (χ3n) is 4.61. The number of carbonyl (C=O) groups is 1. The Balaban J connectivity index is 1.82. The molecule has 2 aliphatic carbocycles. The molecule has 0 aliphatic heterocycles. The number of ketones is 1. The number of thiophene rings is 1. The molecule has 2 N–H and O–H groups in total. The number of hydrogen-bond acceptors (Lipinski definition) is 5. The zero-order chi connectivity index (χ0) is 15.0. The molecule has 4 nitrogen and oxygen atoms in total. The Morgan fingerprint density at radius 2 is 2.00 bits per heavy atom. The van der Waals surface area contributed by atoms with Gasteiger partial charge in [0.05, 0.1) is 17.7 Å². The number of hydrogen-bond donors (Lipinski definition) is 1. The lowest BCUT2D eigenvalue weighted by molar-refractivity contribution is 0.0972. The molecule has 0 radical (unpaired) electrons. The van der Waals surface area contributed by atoms with Gasteiger partial charge in [0.25, 0.3) is 0 Å². The lowest BCUT2D eigenvalue weighted by atomic mass is 10.1. The van der Waals surface area contributed by atoms with Crippen molar-refractivity contribution in [2.24, 2.45) is 11.8 Å². The van der Waals surface area contributed by atoms with E-state index in [2.05, 4.69) is 11.9 Å². The molecule has 2 saturated carbocycles. The maximum atomic E-state index is 12.3. The van der Waals surface area contributed by atoms with Crippen LogP contribution < -0.4 is 15.4 Å². The molecule has 0 bridgehead atoms. The summed E-state index contributed by atoms with van der Waals surface area (Å²) in [5.41, 5.74) is 6.70. The van der Waals surface area contributed by atoms with Crippen molar-refractivity contribution in [2.75, 3.05) is 31.3 Å². The van der Waals surface area contributed by atoms with Crippen LogP contribution in [0.3, 0.4) is 0 Å². The van der Waals surface area contributed by atoms with Crippen LogP contribution in [-0.4, -0.2) is 26.5 Å². The van der Waals surface area contributed by atoms with Gasteiger partial charge in [0.2, 0.25) is 0 Å². The first-order chi connectivity index (χ1) is 10.1. The number of rotatable bonds is 6. The van der Waals surface area contributed by atoms with Crippen LogP contribution in [0.5, 0.6) is 5.75 Å². The molecular formula is C16H24N2O2S. The summed E-state index contributed by atoms with van der Waals surface area (Å²) in [6.07, 6.45) is 7.31. The monoisotopic (exact) mass is 308 g/mol. The molecule has 21 heavy (non-hydrogen) atoms. The fourth-order valence-electron chi connectivity index (χ4n) is 3.24. The van der Waals surface area contributed by atoms with Crippen LogP contribution in [0.4, 0.5) is 10.7 Å². The molecule has 116 valence electrons. The van der Waals surface area contributed by atoms with Gasteiger partial charge in [-0.15, -0.1) is 11.3 Å². The first-order valence-electron chi connectivity index (χ1n) is 7.83. The molecule has 0 aromatic carbocycles. The van der Waals surface area contributed by atoms with Crippen LogP contribution in [0.25, 0.3) is 0 Å². The Kier molecular flexibility index (Phi) is 4.11. The summed E-state index contributed by atoms with van der Waals surface area (Å²) in [7, 11) is 3.72. The highest BCUT2D eigenvalue weighted by Gasteiger charge is 2.35. The fourth-order valence-corrected chi connectivity index (χ4v) is 4.42. The van der Waals surface area contributed by atoms with Crippen molar-refractivity contribution in [3.63, 3.8) is 0 Å². The summed E-state index contributed by atoms with van der Waals surface area (Å²) in [6.45, 7) is 1.02. The number of methoxy groups -OCH3 is 1. The summed E-state index contributed by atoms with van der Waals surface area (Å²) < 4.78 is 5.48. The van der Waals surface area contributed by atoms with Gasteiger partial charge in [0, 0.05) is 19.5 Å². The Morgan fingerprint density at radius 3 is 2.57 bits per heavy atom. The van der Waals surface area contributed by atoms with Crippen LogP contribution in [-0.2, 0) is 0 Å². The normalized spacial score (nSPS) is 19.0. The predicted molar refractivity (Wildman–Crippen MR) is 87.6 cm³/mol. The van der Waals surface area contributed by atoms with Crippen molar-refractivity contribution in [1.82, 2.24) is 0 Å². The Labute approximate surface area is 130 Å². The van der Waals surface area contributed by atoms with E-state index in [-0.39, 0.29) is 11.7 Å². The van der Waals surface area contributed by atoms with E-state index < -0.39 is 0 Å². The molecule has 2 aliphatic rings. The second-order valence-corrected chi connectivity index (χ2v) is 7.35. The molecular weight excluding hydrogens is 284 g/mol. The third-order valence-corrected chi connectivity index (χ3v) is 5.93. The van der Waals surface area contributed by atoms with E-state index in [0.717, 1.165) is 30.3 Å². The van der Waals surface area contributed by atoms with E-state index in [9.17, 15) is 4.79 Å². The van der Waals surface area contributed by atoms with Crippen molar-refractivity contribution in [1.29, 1.82) is 0 Å². The van der Waals surface area contributed by atoms with Crippen molar-refractivity contribution < 1.29 is 9.53 Å². The Morgan fingerprint density at radius 1 is 1.33 bits per heavy atom. The highest BCUT2D eigenvalue weighted by atomic mass is 32.1. The molecule has 0 spiro atoms. The molecule has 1 aromatic rings. The van der Waals surface area contributed by atoms with E-state index in [1.54, 1.807) is 7.11 Å². The topological polar surface area (TPSA) is 55.6 Å². The molecule has 1 heterocycles. The Hall–Kier alpha value is -1.23. The van der Waals surface area contributed by atoms with Gasteiger partial charge < -0.3 is 15.4 Å². The molecule has 0 saturated heterocycles. The van der Waals surface area contributed by atoms with Gasteiger partial charge in [-0.3, -0.25) is 4.79 Å². The fraction of sp³-hybridized carbons (Fsp3) is 0.688. The summed E-state index contributed by atoms with van der Waals surface area (Å²) in [5.74, 6) is 1.84. The zero-order valence-electron chi connectivity index (χ0n) is 12.9. The molecule has 1 aromatic heterocycles.